The van der Waals surface area contributed by atoms with E-state index >= 15 is 0 Å². The Morgan fingerprint density at radius 3 is 2.71 bits per heavy atom. The van der Waals surface area contributed by atoms with E-state index in [9.17, 15) is 0 Å². The van der Waals surface area contributed by atoms with Gasteiger partial charge in [0.15, 0.2) is 0 Å². The van der Waals surface area contributed by atoms with Gasteiger partial charge in [0.25, 0.3) is 0 Å². The van der Waals surface area contributed by atoms with Crippen LogP contribution in [0.3, 0.4) is 0 Å². The number of halogens is 1. The lowest BCUT2D eigenvalue weighted by molar-refractivity contribution is 0.360. The molecule has 0 saturated carbocycles. The highest BCUT2D eigenvalue weighted by molar-refractivity contribution is 9.10. The first kappa shape index (κ1) is 11.1. The van der Waals surface area contributed by atoms with Gasteiger partial charge in [-0.2, -0.15) is 0 Å². The van der Waals surface area contributed by atoms with Crippen LogP contribution in [0, 0.1) is 0 Å². The highest BCUT2D eigenvalue weighted by atomic mass is 79.9. The maximum Gasteiger partial charge on any atom is 0.123 e. The molecular formula is C12H13BrO. The zero-order valence-electron chi connectivity index (χ0n) is 8.00. The molecule has 2 heteroatoms. The van der Waals surface area contributed by atoms with Gasteiger partial charge in [-0.1, -0.05) is 34.7 Å². The Kier molecular flexibility index (Phi) is 4.47. The largest absolute Gasteiger partial charge is 0.489 e. The summed E-state index contributed by atoms with van der Waals surface area (Å²) < 4.78 is 6.56. The molecule has 0 aromatic heterocycles. The molecule has 1 aromatic carbocycles. The Bertz CT molecular complexity index is 331. The van der Waals surface area contributed by atoms with E-state index in [1.165, 1.54) is 0 Å². The Morgan fingerprint density at radius 1 is 1.29 bits per heavy atom. The first-order valence-corrected chi connectivity index (χ1v) is 5.20. The van der Waals surface area contributed by atoms with E-state index in [1.807, 2.05) is 24.3 Å². The van der Waals surface area contributed by atoms with E-state index in [-0.39, 0.29) is 0 Å². The minimum absolute atomic E-state index is 0.534. The van der Waals surface area contributed by atoms with Crippen molar-refractivity contribution in [2.45, 2.75) is 6.42 Å². The molecule has 0 saturated heterocycles. The van der Waals surface area contributed by atoms with Crippen molar-refractivity contribution in [3.8, 4) is 5.75 Å². The predicted molar refractivity (Wildman–Crippen MR) is 63.7 cm³/mol. The molecular weight excluding hydrogens is 240 g/mol. The number of hydrogen-bond donors (Lipinski definition) is 0. The molecule has 0 heterocycles. The standard InChI is InChI=1S/C12H13BrO/c1-3-5-10-9-11(13)6-7-12(10)14-8-4-2/h3-4,6-7,9H,1-2,5,8H2. The molecule has 1 aromatic rings. The van der Waals surface area contributed by atoms with E-state index in [1.54, 1.807) is 6.08 Å². The number of rotatable bonds is 5. The van der Waals surface area contributed by atoms with Crippen LogP contribution in [-0.4, -0.2) is 6.61 Å². The normalized spacial score (nSPS) is 9.50. The summed E-state index contributed by atoms with van der Waals surface area (Å²) in [6.45, 7) is 7.86. The third-order valence-corrected chi connectivity index (χ3v) is 2.24. The molecule has 0 aliphatic rings. The molecule has 0 spiro atoms. The van der Waals surface area contributed by atoms with Gasteiger partial charge in [0.2, 0.25) is 0 Å². The Balaban J connectivity index is 2.88. The molecule has 0 aliphatic heterocycles. The van der Waals surface area contributed by atoms with Gasteiger partial charge in [-0.05, 0) is 30.2 Å². The second-order valence-corrected chi connectivity index (χ2v) is 3.76. The van der Waals surface area contributed by atoms with Crippen LogP contribution in [0.2, 0.25) is 0 Å². The summed E-state index contributed by atoms with van der Waals surface area (Å²) in [4.78, 5) is 0. The molecule has 1 rings (SSSR count). The molecule has 0 radical (unpaired) electrons. The summed E-state index contributed by atoms with van der Waals surface area (Å²) in [7, 11) is 0. The van der Waals surface area contributed by atoms with Crippen molar-refractivity contribution < 1.29 is 4.74 Å². The van der Waals surface area contributed by atoms with Crippen molar-refractivity contribution in [1.82, 2.24) is 0 Å². The van der Waals surface area contributed by atoms with Crippen molar-refractivity contribution in [1.29, 1.82) is 0 Å². The van der Waals surface area contributed by atoms with Crippen molar-refractivity contribution >= 4 is 15.9 Å². The summed E-state index contributed by atoms with van der Waals surface area (Å²) in [5, 5.41) is 0. The van der Waals surface area contributed by atoms with E-state index < -0.39 is 0 Å². The van der Waals surface area contributed by atoms with E-state index in [2.05, 4.69) is 29.1 Å². The van der Waals surface area contributed by atoms with Crippen LogP contribution < -0.4 is 4.74 Å². The van der Waals surface area contributed by atoms with Crippen molar-refractivity contribution in [3.05, 3.63) is 53.5 Å². The van der Waals surface area contributed by atoms with Gasteiger partial charge in [0, 0.05) is 4.47 Å². The van der Waals surface area contributed by atoms with Crippen LogP contribution in [0.5, 0.6) is 5.75 Å². The average Bonchev–Trinajstić information content (AvgIpc) is 2.17. The van der Waals surface area contributed by atoms with E-state index in [0.29, 0.717) is 6.61 Å². The van der Waals surface area contributed by atoms with Gasteiger partial charge in [0.05, 0.1) is 0 Å². The molecule has 14 heavy (non-hydrogen) atoms. The lowest BCUT2D eigenvalue weighted by Gasteiger charge is -2.08. The fourth-order valence-corrected chi connectivity index (χ4v) is 1.56. The van der Waals surface area contributed by atoms with Gasteiger partial charge in [-0.3, -0.25) is 0 Å². The van der Waals surface area contributed by atoms with Crippen molar-refractivity contribution in [2.24, 2.45) is 0 Å². The second-order valence-electron chi connectivity index (χ2n) is 2.84. The molecule has 0 fully saturated rings. The van der Waals surface area contributed by atoms with Gasteiger partial charge < -0.3 is 4.74 Å². The molecule has 0 bridgehead atoms. The fourth-order valence-electron chi connectivity index (χ4n) is 1.15. The first-order valence-electron chi connectivity index (χ1n) is 4.41. The monoisotopic (exact) mass is 252 g/mol. The third-order valence-electron chi connectivity index (χ3n) is 1.74. The van der Waals surface area contributed by atoms with E-state index in [0.717, 1.165) is 22.2 Å². The Morgan fingerprint density at radius 2 is 2.07 bits per heavy atom. The number of benzene rings is 1. The summed E-state index contributed by atoms with van der Waals surface area (Å²) >= 11 is 3.42. The zero-order valence-corrected chi connectivity index (χ0v) is 9.59. The quantitative estimate of drug-likeness (QED) is 0.726. The number of hydrogen-bond acceptors (Lipinski definition) is 1. The highest BCUT2D eigenvalue weighted by Gasteiger charge is 2.01. The Labute approximate surface area is 93.2 Å². The number of allylic oxidation sites excluding steroid dienone is 1. The maximum atomic E-state index is 5.51. The minimum Gasteiger partial charge on any atom is -0.489 e. The van der Waals surface area contributed by atoms with Crippen LogP contribution in [-0.2, 0) is 6.42 Å². The zero-order chi connectivity index (χ0) is 10.4. The molecule has 0 amide bonds. The smallest absolute Gasteiger partial charge is 0.123 e. The van der Waals surface area contributed by atoms with Crippen LogP contribution in [0.15, 0.2) is 48.0 Å². The third kappa shape index (κ3) is 3.04. The second kappa shape index (κ2) is 5.66. The average molecular weight is 253 g/mol. The molecule has 74 valence electrons. The van der Waals surface area contributed by atoms with E-state index in [4.69, 9.17) is 4.74 Å². The summed E-state index contributed by atoms with van der Waals surface area (Å²) in [5.41, 5.74) is 1.14. The molecule has 0 atom stereocenters. The SMILES string of the molecule is C=CCOc1ccc(Br)cc1CC=C. The van der Waals surface area contributed by atoms with Crippen molar-refractivity contribution in [2.75, 3.05) is 6.61 Å². The summed E-state index contributed by atoms with van der Waals surface area (Å²) in [5.74, 6) is 0.896. The van der Waals surface area contributed by atoms with Crippen LogP contribution in [0.25, 0.3) is 0 Å². The number of ether oxygens (including phenoxy) is 1. The lowest BCUT2D eigenvalue weighted by Crippen LogP contribution is -1.96. The van der Waals surface area contributed by atoms with Gasteiger partial charge in [-0.15, -0.1) is 6.58 Å². The first-order chi connectivity index (χ1) is 6.77. The molecule has 1 nitrogen and oxygen atoms in total. The summed E-state index contributed by atoms with van der Waals surface area (Å²) in [6.07, 6.45) is 4.41. The summed E-state index contributed by atoms with van der Waals surface area (Å²) in [6, 6.07) is 5.96. The Hall–Kier alpha value is -1.02. The molecule has 0 unspecified atom stereocenters. The van der Waals surface area contributed by atoms with Gasteiger partial charge in [0.1, 0.15) is 12.4 Å². The van der Waals surface area contributed by atoms with Crippen molar-refractivity contribution in [3.63, 3.8) is 0 Å². The predicted octanol–water partition coefficient (Wildman–Crippen LogP) is 3.74. The topological polar surface area (TPSA) is 9.23 Å². The lowest BCUT2D eigenvalue weighted by atomic mass is 10.1. The van der Waals surface area contributed by atoms with Gasteiger partial charge in [-0.25, -0.2) is 0 Å². The fraction of sp³-hybridized carbons (Fsp3) is 0.167. The van der Waals surface area contributed by atoms with Gasteiger partial charge >= 0.3 is 0 Å². The highest BCUT2D eigenvalue weighted by Crippen LogP contribution is 2.23. The molecule has 0 aliphatic carbocycles. The molecule has 0 N–H and O–H groups in total. The van der Waals surface area contributed by atoms with Crippen LogP contribution >= 0.6 is 15.9 Å². The maximum absolute atomic E-state index is 5.51. The minimum atomic E-state index is 0.534. The van der Waals surface area contributed by atoms with Crippen LogP contribution in [0.1, 0.15) is 5.56 Å². The van der Waals surface area contributed by atoms with Crippen LogP contribution in [0.4, 0.5) is 0 Å².